The Morgan fingerprint density at radius 1 is 1.14 bits per heavy atom. The fraction of sp³-hybridized carbons (Fsp3) is 1.00. The lowest BCUT2D eigenvalue weighted by Crippen LogP contribution is -2.15. The highest BCUT2D eigenvalue weighted by atomic mass is 31.0. The van der Waals surface area contributed by atoms with E-state index in [0.29, 0.717) is 0 Å². The molecule has 0 aliphatic carbocycles. The Labute approximate surface area is 45.6 Å². The first-order valence-corrected chi connectivity index (χ1v) is 1.71. The molecule has 4 heteroatoms. The van der Waals surface area contributed by atoms with Crippen LogP contribution in [0, 0.1) is 0 Å². The Kier molecular flexibility index (Phi) is 9.31. The summed E-state index contributed by atoms with van der Waals surface area (Å²) < 4.78 is 0. The molecule has 3 radical (unpaired) electrons. The fourth-order valence-electron chi connectivity index (χ4n) is 0.0577. The number of aliphatic hydroxyl groups is 3. The zero-order valence-electron chi connectivity index (χ0n) is 3.78. The van der Waals surface area contributed by atoms with Crippen LogP contribution in [0.15, 0.2) is 0 Å². The topological polar surface area (TPSA) is 60.7 Å². The average Bonchev–Trinajstić information content (AvgIpc) is 1.65. The zero-order valence-corrected chi connectivity index (χ0v) is 4.67. The Morgan fingerprint density at radius 2 is 1.43 bits per heavy atom. The second-order valence-corrected chi connectivity index (χ2v) is 1.02. The molecule has 3 N–H and O–H groups in total. The molecule has 43 valence electrons. The van der Waals surface area contributed by atoms with Crippen LogP contribution in [-0.4, -0.2) is 34.6 Å². The van der Waals surface area contributed by atoms with Crippen LogP contribution in [-0.2, 0) is 0 Å². The largest absolute Gasteiger partial charge is 0.394 e. The maximum Gasteiger partial charge on any atom is 0.100 e. The number of hydrogen-bond donors (Lipinski definition) is 3. The van der Waals surface area contributed by atoms with E-state index < -0.39 is 6.10 Å². The molecule has 0 atom stereocenters. The van der Waals surface area contributed by atoms with Gasteiger partial charge in [0.1, 0.15) is 6.10 Å². The SMILES string of the molecule is OCC(O)CO.[P]. The summed E-state index contributed by atoms with van der Waals surface area (Å²) in [6.45, 7) is -0.729. The Morgan fingerprint density at radius 3 is 1.43 bits per heavy atom. The second-order valence-electron chi connectivity index (χ2n) is 1.02. The van der Waals surface area contributed by atoms with E-state index in [4.69, 9.17) is 15.3 Å². The summed E-state index contributed by atoms with van der Waals surface area (Å²) in [6, 6.07) is 0. The van der Waals surface area contributed by atoms with E-state index in [9.17, 15) is 0 Å². The lowest BCUT2D eigenvalue weighted by molar-refractivity contribution is 0.0450. The van der Waals surface area contributed by atoms with Gasteiger partial charge in [-0.15, -0.1) is 0 Å². The Bertz CT molecular complexity index is 29.4. The maximum atomic E-state index is 8.17. The van der Waals surface area contributed by atoms with E-state index in [0.717, 1.165) is 0 Å². The van der Waals surface area contributed by atoms with Gasteiger partial charge in [-0.25, -0.2) is 0 Å². The summed E-state index contributed by atoms with van der Waals surface area (Å²) in [7, 11) is 0. The molecule has 0 fully saturated rings. The minimum absolute atomic E-state index is 0. The second kappa shape index (κ2) is 6.31. The smallest absolute Gasteiger partial charge is 0.100 e. The van der Waals surface area contributed by atoms with E-state index in [1.165, 1.54) is 0 Å². The highest BCUT2D eigenvalue weighted by Crippen LogP contribution is 1.71. The number of hydrogen-bond acceptors (Lipinski definition) is 3. The van der Waals surface area contributed by atoms with Crippen molar-refractivity contribution in [1.29, 1.82) is 0 Å². The minimum atomic E-state index is -0.954. The van der Waals surface area contributed by atoms with E-state index in [2.05, 4.69) is 0 Å². The highest BCUT2D eigenvalue weighted by molar-refractivity contribution is 6.92. The van der Waals surface area contributed by atoms with Gasteiger partial charge in [0.05, 0.1) is 13.2 Å². The molecule has 0 spiro atoms. The van der Waals surface area contributed by atoms with Crippen molar-refractivity contribution >= 4 is 9.90 Å². The third kappa shape index (κ3) is 6.31. The third-order valence-corrected chi connectivity index (χ3v) is 0.421. The fourth-order valence-corrected chi connectivity index (χ4v) is 0.0577. The summed E-state index contributed by atoms with van der Waals surface area (Å²) in [5, 5.41) is 24.0. The van der Waals surface area contributed by atoms with Crippen LogP contribution in [0.3, 0.4) is 0 Å². The van der Waals surface area contributed by atoms with Crippen molar-refractivity contribution in [2.45, 2.75) is 6.10 Å². The molecule has 0 saturated heterocycles. The molecular formula is C3H8O3P. The van der Waals surface area contributed by atoms with Crippen molar-refractivity contribution in [2.75, 3.05) is 13.2 Å². The first-order chi connectivity index (χ1) is 2.81. The van der Waals surface area contributed by atoms with Gasteiger partial charge < -0.3 is 15.3 Å². The van der Waals surface area contributed by atoms with Crippen LogP contribution >= 0.6 is 9.90 Å². The van der Waals surface area contributed by atoms with Crippen molar-refractivity contribution in [3.63, 3.8) is 0 Å². The first kappa shape index (κ1) is 10.3. The van der Waals surface area contributed by atoms with Gasteiger partial charge in [0, 0.05) is 9.90 Å². The summed E-state index contributed by atoms with van der Waals surface area (Å²) in [5.74, 6) is 0. The summed E-state index contributed by atoms with van der Waals surface area (Å²) in [5.41, 5.74) is 0. The Balaban J connectivity index is 0. The monoisotopic (exact) mass is 123 g/mol. The van der Waals surface area contributed by atoms with Gasteiger partial charge in [-0.2, -0.15) is 0 Å². The van der Waals surface area contributed by atoms with Gasteiger partial charge in [0.25, 0.3) is 0 Å². The first-order valence-electron chi connectivity index (χ1n) is 1.71. The van der Waals surface area contributed by atoms with Crippen molar-refractivity contribution in [2.24, 2.45) is 0 Å². The third-order valence-electron chi connectivity index (χ3n) is 0.421. The van der Waals surface area contributed by atoms with E-state index in [1.54, 1.807) is 0 Å². The summed E-state index contributed by atoms with van der Waals surface area (Å²) in [6.07, 6.45) is -0.954. The lowest BCUT2D eigenvalue weighted by atomic mass is 10.4. The highest BCUT2D eigenvalue weighted by Gasteiger charge is 1.93. The number of aliphatic hydroxyl groups excluding tert-OH is 3. The zero-order chi connectivity index (χ0) is 4.99. The molecule has 0 aromatic carbocycles. The van der Waals surface area contributed by atoms with Gasteiger partial charge in [0.2, 0.25) is 0 Å². The van der Waals surface area contributed by atoms with Crippen LogP contribution < -0.4 is 0 Å². The molecule has 7 heavy (non-hydrogen) atoms. The molecule has 0 heterocycles. The van der Waals surface area contributed by atoms with Crippen LogP contribution in [0.5, 0.6) is 0 Å². The van der Waals surface area contributed by atoms with Crippen LogP contribution in [0.1, 0.15) is 0 Å². The van der Waals surface area contributed by atoms with Gasteiger partial charge >= 0.3 is 0 Å². The molecule has 0 bridgehead atoms. The van der Waals surface area contributed by atoms with Crippen LogP contribution in [0.4, 0.5) is 0 Å². The molecule has 0 aromatic heterocycles. The molecular weight excluding hydrogens is 115 g/mol. The van der Waals surface area contributed by atoms with Crippen molar-refractivity contribution in [1.82, 2.24) is 0 Å². The molecule has 0 saturated carbocycles. The van der Waals surface area contributed by atoms with Gasteiger partial charge in [-0.1, -0.05) is 0 Å². The van der Waals surface area contributed by atoms with Crippen molar-refractivity contribution < 1.29 is 15.3 Å². The molecule has 3 nitrogen and oxygen atoms in total. The standard InChI is InChI=1S/C3H8O3.P/c4-1-3(6)2-5;/h3-6H,1-2H2;. The van der Waals surface area contributed by atoms with E-state index >= 15 is 0 Å². The lowest BCUT2D eigenvalue weighted by Gasteiger charge is -1.96. The molecule has 0 unspecified atom stereocenters. The van der Waals surface area contributed by atoms with Gasteiger partial charge in [-0.3, -0.25) is 0 Å². The van der Waals surface area contributed by atoms with E-state index in [-0.39, 0.29) is 23.1 Å². The van der Waals surface area contributed by atoms with Crippen molar-refractivity contribution in [3.8, 4) is 0 Å². The molecule has 0 aliphatic heterocycles. The summed E-state index contributed by atoms with van der Waals surface area (Å²) in [4.78, 5) is 0. The minimum Gasteiger partial charge on any atom is -0.394 e. The Hall–Kier alpha value is 0.310. The molecule has 0 rings (SSSR count). The maximum absolute atomic E-state index is 8.17. The molecule has 0 amide bonds. The number of rotatable bonds is 2. The average molecular weight is 123 g/mol. The predicted molar refractivity (Wildman–Crippen MR) is 27.1 cm³/mol. The molecule has 0 aromatic rings. The van der Waals surface area contributed by atoms with Crippen molar-refractivity contribution in [3.05, 3.63) is 0 Å². The van der Waals surface area contributed by atoms with Gasteiger partial charge in [-0.05, 0) is 0 Å². The van der Waals surface area contributed by atoms with E-state index in [1.807, 2.05) is 0 Å². The quantitative estimate of drug-likeness (QED) is 0.421. The van der Waals surface area contributed by atoms with Crippen LogP contribution in [0.25, 0.3) is 0 Å². The van der Waals surface area contributed by atoms with Crippen LogP contribution in [0.2, 0.25) is 0 Å². The predicted octanol–water partition coefficient (Wildman–Crippen LogP) is -0.807. The normalized spacial score (nSPS) is 8.57. The summed E-state index contributed by atoms with van der Waals surface area (Å²) >= 11 is 0. The van der Waals surface area contributed by atoms with Gasteiger partial charge in [0.15, 0.2) is 0 Å². The molecule has 0 aliphatic rings.